The first-order chi connectivity index (χ1) is 8.69. The van der Waals surface area contributed by atoms with Crippen LogP contribution in [0.25, 0.3) is 0 Å². The molecule has 0 spiro atoms. The van der Waals surface area contributed by atoms with E-state index in [1.165, 1.54) is 17.7 Å². The van der Waals surface area contributed by atoms with E-state index in [4.69, 9.17) is 0 Å². The van der Waals surface area contributed by atoms with Crippen LogP contribution in [0.2, 0.25) is 0 Å². The predicted octanol–water partition coefficient (Wildman–Crippen LogP) is 2.88. The Labute approximate surface area is 136 Å². The number of aromatic nitrogens is 1. The molecule has 108 valence electrons. The van der Waals surface area contributed by atoms with Crippen LogP contribution in [0.5, 0.6) is 0 Å². The summed E-state index contributed by atoms with van der Waals surface area (Å²) in [5.41, 5.74) is 0. The van der Waals surface area contributed by atoms with Crippen LogP contribution < -0.4 is 5.32 Å². The van der Waals surface area contributed by atoms with Crippen molar-refractivity contribution >= 4 is 41.3 Å². The lowest BCUT2D eigenvalue weighted by Gasteiger charge is -2.32. The Morgan fingerprint density at radius 1 is 1.53 bits per heavy atom. The zero-order valence-corrected chi connectivity index (χ0v) is 15.0. The van der Waals surface area contributed by atoms with E-state index in [1.807, 2.05) is 20.2 Å². The van der Waals surface area contributed by atoms with E-state index < -0.39 is 0 Å². The zero-order valence-electron chi connectivity index (χ0n) is 11.8. The fourth-order valence-electron chi connectivity index (χ4n) is 2.21. The first-order valence-electron chi connectivity index (χ1n) is 6.56. The lowest BCUT2D eigenvalue weighted by molar-refractivity contribution is 0.273. The van der Waals surface area contributed by atoms with Crippen molar-refractivity contribution in [2.45, 2.75) is 33.2 Å². The van der Waals surface area contributed by atoms with Crippen molar-refractivity contribution in [2.24, 2.45) is 10.9 Å². The van der Waals surface area contributed by atoms with E-state index in [9.17, 15) is 0 Å². The molecule has 1 aromatic heterocycles. The lowest BCUT2D eigenvalue weighted by Crippen LogP contribution is -2.45. The second-order valence-corrected chi connectivity index (χ2v) is 6.24. The third kappa shape index (κ3) is 4.91. The molecule has 0 saturated carbocycles. The number of thiazole rings is 1. The van der Waals surface area contributed by atoms with Crippen molar-refractivity contribution in [3.8, 4) is 0 Å². The summed E-state index contributed by atoms with van der Waals surface area (Å²) in [7, 11) is 1.86. The van der Waals surface area contributed by atoms with Gasteiger partial charge in [-0.05, 0) is 25.7 Å². The SMILES string of the molecule is CN=C(NCc1cnc(C)s1)N1CCC(C)CC1.I. The zero-order chi connectivity index (χ0) is 13.0. The minimum atomic E-state index is 0. The quantitative estimate of drug-likeness (QED) is 0.477. The van der Waals surface area contributed by atoms with E-state index >= 15 is 0 Å². The molecular weight excluding hydrogens is 371 g/mol. The topological polar surface area (TPSA) is 40.5 Å². The maximum Gasteiger partial charge on any atom is 0.193 e. The number of halogens is 1. The third-order valence-corrected chi connectivity index (χ3v) is 4.30. The second-order valence-electron chi connectivity index (χ2n) is 4.92. The van der Waals surface area contributed by atoms with Crippen molar-refractivity contribution in [3.05, 3.63) is 16.1 Å². The number of piperidine rings is 1. The molecule has 0 aromatic carbocycles. The van der Waals surface area contributed by atoms with Crippen LogP contribution in [0.4, 0.5) is 0 Å². The first-order valence-corrected chi connectivity index (χ1v) is 7.37. The van der Waals surface area contributed by atoms with Gasteiger partial charge in [0.2, 0.25) is 0 Å². The summed E-state index contributed by atoms with van der Waals surface area (Å²) in [6, 6.07) is 0. The summed E-state index contributed by atoms with van der Waals surface area (Å²) < 4.78 is 0. The molecule has 0 amide bonds. The Morgan fingerprint density at radius 2 is 2.21 bits per heavy atom. The largest absolute Gasteiger partial charge is 0.351 e. The number of nitrogens with zero attached hydrogens (tertiary/aromatic N) is 3. The van der Waals surface area contributed by atoms with Gasteiger partial charge < -0.3 is 10.2 Å². The third-order valence-electron chi connectivity index (χ3n) is 3.38. The van der Waals surface area contributed by atoms with Gasteiger partial charge in [-0.25, -0.2) is 4.98 Å². The Bertz CT molecular complexity index is 411. The van der Waals surface area contributed by atoms with E-state index in [0.29, 0.717) is 0 Å². The van der Waals surface area contributed by atoms with Gasteiger partial charge in [0.25, 0.3) is 0 Å². The van der Waals surface area contributed by atoms with Crippen molar-refractivity contribution in [1.82, 2.24) is 15.2 Å². The van der Waals surface area contributed by atoms with Crippen molar-refractivity contribution in [3.63, 3.8) is 0 Å². The fourth-order valence-corrected chi connectivity index (χ4v) is 2.94. The van der Waals surface area contributed by atoms with Crippen LogP contribution in [-0.2, 0) is 6.54 Å². The molecule has 1 saturated heterocycles. The minimum Gasteiger partial charge on any atom is -0.351 e. The molecule has 4 nitrogen and oxygen atoms in total. The van der Waals surface area contributed by atoms with Gasteiger partial charge in [0.15, 0.2) is 5.96 Å². The molecular formula is C13H23IN4S. The summed E-state index contributed by atoms with van der Waals surface area (Å²) in [5, 5.41) is 4.55. The Kier molecular flexibility index (Phi) is 7.06. The number of nitrogens with one attached hydrogen (secondary N) is 1. The molecule has 19 heavy (non-hydrogen) atoms. The molecule has 6 heteroatoms. The number of rotatable bonds is 2. The van der Waals surface area contributed by atoms with Crippen LogP contribution in [-0.4, -0.2) is 36.0 Å². The van der Waals surface area contributed by atoms with Crippen LogP contribution in [0.3, 0.4) is 0 Å². The maximum atomic E-state index is 4.37. The molecule has 1 N–H and O–H groups in total. The molecule has 0 bridgehead atoms. The van der Waals surface area contributed by atoms with Crippen molar-refractivity contribution in [1.29, 1.82) is 0 Å². The Hall–Kier alpha value is -0.370. The molecule has 1 aliphatic heterocycles. The van der Waals surface area contributed by atoms with E-state index in [2.05, 4.69) is 27.1 Å². The molecule has 0 atom stereocenters. The van der Waals surface area contributed by atoms with Crippen LogP contribution in [0, 0.1) is 12.8 Å². The average molecular weight is 394 g/mol. The van der Waals surface area contributed by atoms with Crippen molar-refractivity contribution in [2.75, 3.05) is 20.1 Å². The summed E-state index contributed by atoms with van der Waals surface area (Å²) in [6.07, 6.45) is 4.47. The van der Waals surface area contributed by atoms with E-state index in [-0.39, 0.29) is 24.0 Å². The highest BCUT2D eigenvalue weighted by Gasteiger charge is 2.18. The fraction of sp³-hybridized carbons (Fsp3) is 0.692. The van der Waals surface area contributed by atoms with Gasteiger partial charge in [-0.1, -0.05) is 6.92 Å². The number of hydrogen-bond donors (Lipinski definition) is 1. The molecule has 0 aliphatic carbocycles. The molecule has 2 rings (SSSR count). The summed E-state index contributed by atoms with van der Waals surface area (Å²) in [5.74, 6) is 1.87. The lowest BCUT2D eigenvalue weighted by atomic mass is 10.00. The summed E-state index contributed by atoms with van der Waals surface area (Å²) >= 11 is 1.74. The van der Waals surface area contributed by atoms with Gasteiger partial charge in [0, 0.05) is 31.2 Å². The molecule has 1 aliphatic rings. The van der Waals surface area contributed by atoms with Gasteiger partial charge in [-0.15, -0.1) is 35.3 Å². The summed E-state index contributed by atoms with van der Waals surface area (Å²) in [4.78, 5) is 12.3. The molecule has 2 heterocycles. The Balaban J connectivity index is 0.00000180. The highest BCUT2D eigenvalue weighted by Crippen LogP contribution is 2.16. The van der Waals surface area contributed by atoms with E-state index in [0.717, 1.165) is 36.5 Å². The second kappa shape index (κ2) is 8.04. The highest BCUT2D eigenvalue weighted by molar-refractivity contribution is 14.0. The van der Waals surface area contributed by atoms with Crippen LogP contribution in [0.15, 0.2) is 11.2 Å². The molecule has 1 fully saturated rings. The number of hydrogen-bond acceptors (Lipinski definition) is 3. The van der Waals surface area contributed by atoms with E-state index in [1.54, 1.807) is 11.3 Å². The smallest absolute Gasteiger partial charge is 0.193 e. The highest BCUT2D eigenvalue weighted by atomic mass is 127. The van der Waals surface area contributed by atoms with Gasteiger partial charge in [0.05, 0.1) is 11.6 Å². The first kappa shape index (κ1) is 16.7. The monoisotopic (exact) mass is 394 g/mol. The van der Waals surface area contributed by atoms with Crippen LogP contribution >= 0.6 is 35.3 Å². The average Bonchev–Trinajstić information content (AvgIpc) is 2.78. The Morgan fingerprint density at radius 3 is 2.74 bits per heavy atom. The predicted molar refractivity (Wildman–Crippen MR) is 92.4 cm³/mol. The van der Waals surface area contributed by atoms with Crippen molar-refractivity contribution < 1.29 is 0 Å². The molecule has 1 aromatic rings. The number of aryl methyl sites for hydroxylation is 1. The molecule has 0 unspecified atom stereocenters. The van der Waals surface area contributed by atoms with Gasteiger partial charge in [0.1, 0.15) is 0 Å². The summed E-state index contributed by atoms with van der Waals surface area (Å²) in [6.45, 7) is 7.41. The normalized spacial score (nSPS) is 17.2. The standard InChI is InChI=1S/C13H22N4S.HI/c1-10-4-6-17(7-5-10)13(14-3)16-9-12-8-15-11(2)18-12;/h8,10H,4-7,9H2,1-3H3,(H,14,16);1H. The van der Waals surface area contributed by atoms with Crippen LogP contribution in [0.1, 0.15) is 29.7 Å². The maximum absolute atomic E-state index is 4.37. The number of likely N-dealkylation sites (tertiary alicyclic amines) is 1. The van der Waals surface area contributed by atoms with Gasteiger partial charge in [-0.2, -0.15) is 0 Å². The number of aliphatic imine (C=N–C) groups is 1. The van der Waals surface area contributed by atoms with Gasteiger partial charge in [-0.3, -0.25) is 4.99 Å². The minimum absolute atomic E-state index is 0. The van der Waals surface area contributed by atoms with Gasteiger partial charge >= 0.3 is 0 Å². The molecule has 0 radical (unpaired) electrons. The number of guanidine groups is 1.